The summed E-state index contributed by atoms with van der Waals surface area (Å²) < 4.78 is 5.47. The Hall–Kier alpha value is -2.74. The van der Waals surface area contributed by atoms with Crippen LogP contribution >= 0.6 is 11.8 Å². The van der Waals surface area contributed by atoms with Gasteiger partial charge >= 0.3 is 0 Å². The van der Waals surface area contributed by atoms with Crippen LogP contribution in [0.3, 0.4) is 0 Å². The summed E-state index contributed by atoms with van der Waals surface area (Å²) in [5, 5.41) is 5.69. The number of hydrogen-bond donors (Lipinski definition) is 2. The highest BCUT2D eigenvalue weighted by molar-refractivity contribution is 7.98. The second kappa shape index (κ2) is 13.5. The second-order valence-electron chi connectivity index (χ2n) is 6.92. The van der Waals surface area contributed by atoms with Crippen LogP contribution in [0.2, 0.25) is 0 Å². The normalized spacial score (nSPS) is 11.5. The zero-order valence-corrected chi connectivity index (χ0v) is 19.3. The molecule has 1 atom stereocenters. The van der Waals surface area contributed by atoms with Gasteiger partial charge in [-0.15, -0.1) is 0 Å². The molecule has 0 aliphatic heterocycles. The monoisotopic (exact) mass is 444 g/mol. The van der Waals surface area contributed by atoms with Crippen molar-refractivity contribution >= 4 is 29.4 Å². The number of nitrogens with zero attached hydrogens (tertiary/aromatic N) is 2. The molecule has 0 fully saturated rings. The van der Waals surface area contributed by atoms with E-state index in [4.69, 9.17) is 4.74 Å². The van der Waals surface area contributed by atoms with Gasteiger partial charge in [0.2, 0.25) is 5.91 Å². The van der Waals surface area contributed by atoms with E-state index in [1.54, 1.807) is 30.1 Å². The first kappa shape index (κ1) is 24.5. The van der Waals surface area contributed by atoms with E-state index in [0.717, 1.165) is 30.2 Å². The van der Waals surface area contributed by atoms with Crippen LogP contribution in [0.25, 0.3) is 0 Å². The molecule has 31 heavy (non-hydrogen) atoms. The van der Waals surface area contributed by atoms with E-state index in [0.29, 0.717) is 18.7 Å². The molecule has 8 heteroatoms. The van der Waals surface area contributed by atoms with Gasteiger partial charge in [-0.3, -0.25) is 9.59 Å². The third-order valence-corrected chi connectivity index (χ3v) is 5.38. The van der Waals surface area contributed by atoms with Gasteiger partial charge in [0.05, 0.1) is 0 Å². The molecule has 2 N–H and O–H groups in total. The van der Waals surface area contributed by atoms with Crippen molar-refractivity contribution in [2.75, 3.05) is 36.6 Å². The highest BCUT2D eigenvalue weighted by Crippen LogP contribution is 2.11. The molecule has 0 saturated heterocycles. The van der Waals surface area contributed by atoms with Gasteiger partial charge in [-0.25, -0.2) is 4.98 Å². The number of para-hydroxylation sites is 1. The molecule has 1 heterocycles. The third kappa shape index (κ3) is 8.49. The van der Waals surface area contributed by atoms with Crippen molar-refractivity contribution in [2.45, 2.75) is 32.9 Å². The number of thioether (sulfide) groups is 1. The topological polar surface area (TPSA) is 83.6 Å². The number of ether oxygens (including phenoxy) is 1. The lowest BCUT2D eigenvalue weighted by Gasteiger charge is -2.20. The number of amides is 2. The molecular weight excluding hydrogens is 412 g/mol. The number of hydrogen-bond acceptors (Lipinski definition) is 6. The average molecular weight is 445 g/mol. The predicted molar refractivity (Wildman–Crippen MR) is 127 cm³/mol. The molecule has 7 nitrogen and oxygen atoms in total. The van der Waals surface area contributed by atoms with E-state index in [9.17, 15) is 9.59 Å². The van der Waals surface area contributed by atoms with Gasteiger partial charge in [0.15, 0.2) is 6.61 Å². The van der Waals surface area contributed by atoms with Crippen LogP contribution in [-0.4, -0.2) is 54.5 Å². The van der Waals surface area contributed by atoms with Crippen LogP contribution < -0.4 is 20.3 Å². The lowest BCUT2D eigenvalue weighted by Crippen LogP contribution is -2.48. The van der Waals surface area contributed by atoms with E-state index in [-0.39, 0.29) is 18.4 Å². The molecule has 0 aliphatic rings. The summed E-state index contributed by atoms with van der Waals surface area (Å²) in [6, 6.07) is 12.4. The molecule has 168 valence electrons. The Morgan fingerprint density at radius 3 is 2.48 bits per heavy atom. The third-order valence-electron chi connectivity index (χ3n) is 4.74. The number of carbonyl (C=O) groups is 2. The molecule has 0 spiro atoms. The molecule has 1 unspecified atom stereocenters. The van der Waals surface area contributed by atoms with Gasteiger partial charge in [0, 0.05) is 25.8 Å². The maximum Gasteiger partial charge on any atom is 0.258 e. The first-order valence-electron chi connectivity index (χ1n) is 10.5. The summed E-state index contributed by atoms with van der Waals surface area (Å²) in [7, 11) is 0. The first-order valence-corrected chi connectivity index (χ1v) is 11.9. The van der Waals surface area contributed by atoms with Gasteiger partial charge in [0.1, 0.15) is 17.6 Å². The minimum Gasteiger partial charge on any atom is -0.484 e. The Morgan fingerprint density at radius 1 is 1.13 bits per heavy atom. The highest BCUT2D eigenvalue weighted by atomic mass is 32.2. The number of carbonyl (C=O) groups excluding carboxylic acids is 2. The molecule has 1 aromatic heterocycles. The number of aromatic nitrogens is 1. The van der Waals surface area contributed by atoms with E-state index in [1.807, 2.05) is 36.6 Å². The molecule has 0 saturated carbocycles. The number of anilines is 1. The zero-order chi connectivity index (χ0) is 22.5. The van der Waals surface area contributed by atoms with Gasteiger partial charge in [-0.2, -0.15) is 11.8 Å². The lowest BCUT2D eigenvalue weighted by molar-refractivity contribution is -0.130. The quantitative estimate of drug-likeness (QED) is 0.494. The zero-order valence-electron chi connectivity index (χ0n) is 18.5. The largest absolute Gasteiger partial charge is 0.484 e. The minimum atomic E-state index is -0.609. The van der Waals surface area contributed by atoms with Crippen molar-refractivity contribution in [3.8, 4) is 5.75 Å². The summed E-state index contributed by atoms with van der Waals surface area (Å²) in [6.07, 6.45) is 4.29. The Labute approximate surface area is 189 Å². The highest BCUT2D eigenvalue weighted by Gasteiger charge is 2.20. The van der Waals surface area contributed by atoms with Crippen LogP contribution in [0, 0.1) is 0 Å². The predicted octanol–water partition coefficient (Wildman–Crippen LogP) is 2.86. The molecule has 0 radical (unpaired) electrons. The van der Waals surface area contributed by atoms with Crippen molar-refractivity contribution in [3.63, 3.8) is 0 Å². The molecule has 2 aromatic rings. The summed E-state index contributed by atoms with van der Waals surface area (Å²) in [4.78, 5) is 31.6. The molecule has 1 aromatic carbocycles. The van der Waals surface area contributed by atoms with E-state index in [2.05, 4.69) is 34.4 Å². The first-order chi connectivity index (χ1) is 15.1. The van der Waals surface area contributed by atoms with E-state index >= 15 is 0 Å². The fourth-order valence-electron chi connectivity index (χ4n) is 2.97. The molecule has 0 bridgehead atoms. The van der Waals surface area contributed by atoms with E-state index in [1.165, 1.54) is 0 Å². The van der Waals surface area contributed by atoms with Crippen LogP contribution in [0.5, 0.6) is 5.75 Å². The number of pyridine rings is 1. The smallest absolute Gasteiger partial charge is 0.258 e. The minimum absolute atomic E-state index is 0.135. The molecule has 2 amide bonds. The summed E-state index contributed by atoms with van der Waals surface area (Å²) >= 11 is 1.63. The maximum absolute atomic E-state index is 12.7. The van der Waals surface area contributed by atoms with Crippen molar-refractivity contribution in [1.82, 2.24) is 15.6 Å². The van der Waals surface area contributed by atoms with Crippen molar-refractivity contribution in [3.05, 3.63) is 54.2 Å². The Kier molecular flexibility index (Phi) is 10.7. The fourth-order valence-corrected chi connectivity index (χ4v) is 3.45. The fraction of sp³-hybridized carbons (Fsp3) is 0.435. The van der Waals surface area contributed by atoms with Crippen molar-refractivity contribution < 1.29 is 14.3 Å². The summed E-state index contributed by atoms with van der Waals surface area (Å²) in [6.45, 7) is 6.19. The Balaban J connectivity index is 1.87. The van der Waals surface area contributed by atoms with Gasteiger partial charge in [-0.05, 0) is 56.0 Å². The number of rotatable bonds is 13. The Morgan fingerprint density at radius 2 is 1.87 bits per heavy atom. The standard InChI is InChI=1S/C23H32N4O3S/c1-4-27(5-2)21-12-11-18(15-24-21)16-25-23(29)20(13-14-31-3)26-22(28)17-30-19-9-7-6-8-10-19/h6-12,15,20H,4-5,13-14,16-17H2,1-3H3,(H,25,29)(H,26,28). The number of benzene rings is 1. The van der Waals surface area contributed by atoms with Crippen LogP contribution in [0.4, 0.5) is 5.82 Å². The summed E-state index contributed by atoms with van der Waals surface area (Å²) in [5.74, 6) is 1.76. The van der Waals surface area contributed by atoms with Gasteiger partial charge < -0.3 is 20.3 Å². The Bertz CT molecular complexity index is 798. The molecule has 2 rings (SSSR count). The number of nitrogens with one attached hydrogen (secondary N) is 2. The average Bonchev–Trinajstić information content (AvgIpc) is 2.81. The van der Waals surface area contributed by atoms with Gasteiger partial charge in [0.25, 0.3) is 5.91 Å². The SMILES string of the molecule is CCN(CC)c1ccc(CNC(=O)C(CCSC)NC(=O)COc2ccccc2)cn1. The van der Waals surface area contributed by atoms with Crippen molar-refractivity contribution in [2.24, 2.45) is 0 Å². The maximum atomic E-state index is 12.7. The van der Waals surface area contributed by atoms with E-state index < -0.39 is 6.04 Å². The lowest BCUT2D eigenvalue weighted by atomic mass is 10.2. The van der Waals surface area contributed by atoms with Crippen LogP contribution in [0.15, 0.2) is 48.7 Å². The summed E-state index contributed by atoms with van der Waals surface area (Å²) in [5.41, 5.74) is 0.909. The van der Waals surface area contributed by atoms with Crippen LogP contribution in [0.1, 0.15) is 25.8 Å². The second-order valence-corrected chi connectivity index (χ2v) is 7.90. The molecular formula is C23H32N4O3S. The van der Waals surface area contributed by atoms with Crippen LogP contribution in [-0.2, 0) is 16.1 Å². The molecule has 0 aliphatic carbocycles. The van der Waals surface area contributed by atoms with Gasteiger partial charge in [-0.1, -0.05) is 24.3 Å². The van der Waals surface area contributed by atoms with Crippen molar-refractivity contribution in [1.29, 1.82) is 0 Å².